The molecule has 0 radical (unpaired) electrons. The van der Waals surface area contributed by atoms with Gasteiger partial charge >= 0.3 is 6.03 Å². The van der Waals surface area contributed by atoms with Crippen LogP contribution in [-0.4, -0.2) is 19.2 Å². The molecular formula is C19H24N2O2. The number of nitrogens with one attached hydrogen (secondary N) is 2. The van der Waals surface area contributed by atoms with Gasteiger partial charge in [0.2, 0.25) is 0 Å². The maximum atomic E-state index is 12.0. The first-order chi connectivity index (χ1) is 11.1. The standard InChI is InChI=1S/C19H24N2O2/c1-14(2)17-6-4-5-7-18(17)21-19(22)20-12-13-23-16-10-8-15(3)9-11-16/h4-11,14H,12-13H2,1-3H3,(H2,20,21,22). The summed E-state index contributed by atoms with van der Waals surface area (Å²) in [4.78, 5) is 12.0. The second-order valence-electron chi connectivity index (χ2n) is 5.78. The maximum Gasteiger partial charge on any atom is 0.319 e. The number of anilines is 1. The van der Waals surface area contributed by atoms with Gasteiger partial charge in [-0.1, -0.05) is 49.7 Å². The van der Waals surface area contributed by atoms with Crippen LogP contribution in [0.5, 0.6) is 5.75 Å². The Labute approximate surface area is 137 Å². The van der Waals surface area contributed by atoms with Crippen LogP contribution in [-0.2, 0) is 0 Å². The summed E-state index contributed by atoms with van der Waals surface area (Å²) in [5, 5.41) is 5.70. The Morgan fingerprint density at radius 2 is 1.78 bits per heavy atom. The fraction of sp³-hybridized carbons (Fsp3) is 0.316. The van der Waals surface area contributed by atoms with Crippen molar-refractivity contribution in [3.8, 4) is 5.75 Å². The van der Waals surface area contributed by atoms with E-state index < -0.39 is 0 Å². The van der Waals surface area contributed by atoms with Crippen molar-refractivity contribution in [1.29, 1.82) is 0 Å². The van der Waals surface area contributed by atoms with Crippen LogP contribution >= 0.6 is 0 Å². The number of aryl methyl sites for hydroxylation is 1. The maximum absolute atomic E-state index is 12.0. The largest absolute Gasteiger partial charge is 0.492 e. The van der Waals surface area contributed by atoms with Crippen LogP contribution in [0.1, 0.15) is 30.9 Å². The van der Waals surface area contributed by atoms with Gasteiger partial charge in [0, 0.05) is 5.69 Å². The average molecular weight is 312 g/mol. The highest BCUT2D eigenvalue weighted by atomic mass is 16.5. The smallest absolute Gasteiger partial charge is 0.319 e. The molecular weight excluding hydrogens is 288 g/mol. The van der Waals surface area contributed by atoms with Gasteiger partial charge < -0.3 is 15.4 Å². The van der Waals surface area contributed by atoms with Gasteiger partial charge in [-0.2, -0.15) is 0 Å². The van der Waals surface area contributed by atoms with Crippen LogP contribution in [0.15, 0.2) is 48.5 Å². The Bertz CT molecular complexity index is 636. The van der Waals surface area contributed by atoms with Crippen molar-refractivity contribution in [2.75, 3.05) is 18.5 Å². The molecule has 0 aromatic heterocycles. The summed E-state index contributed by atoms with van der Waals surface area (Å²) in [5.41, 5.74) is 3.16. The molecule has 2 N–H and O–H groups in total. The molecule has 0 atom stereocenters. The highest BCUT2D eigenvalue weighted by Gasteiger charge is 2.08. The molecule has 0 aliphatic heterocycles. The minimum Gasteiger partial charge on any atom is -0.492 e. The van der Waals surface area contributed by atoms with Crippen molar-refractivity contribution in [1.82, 2.24) is 5.32 Å². The van der Waals surface area contributed by atoms with E-state index >= 15 is 0 Å². The number of carbonyl (C=O) groups excluding carboxylic acids is 1. The Hall–Kier alpha value is -2.49. The van der Waals surface area contributed by atoms with Gasteiger partial charge in [0.05, 0.1) is 6.54 Å². The van der Waals surface area contributed by atoms with E-state index in [1.54, 1.807) is 0 Å². The zero-order chi connectivity index (χ0) is 16.7. The van der Waals surface area contributed by atoms with Crippen molar-refractivity contribution in [3.05, 3.63) is 59.7 Å². The quantitative estimate of drug-likeness (QED) is 0.781. The number of urea groups is 1. The van der Waals surface area contributed by atoms with Crippen LogP contribution in [0.3, 0.4) is 0 Å². The topological polar surface area (TPSA) is 50.4 Å². The van der Waals surface area contributed by atoms with E-state index in [1.165, 1.54) is 5.56 Å². The van der Waals surface area contributed by atoms with Gasteiger partial charge in [-0.15, -0.1) is 0 Å². The van der Waals surface area contributed by atoms with E-state index in [-0.39, 0.29) is 6.03 Å². The van der Waals surface area contributed by atoms with E-state index in [9.17, 15) is 4.79 Å². The third-order valence-corrected chi connectivity index (χ3v) is 3.51. The molecule has 4 heteroatoms. The summed E-state index contributed by atoms with van der Waals surface area (Å²) in [6.07, 6.45) is 0. The molecule has 0 saturated carbocycles. The van der Waals surface area contributed by atoms with Gasteiger partial charge in [-0.3, -0.25) is 0 Å². The predicted octanol–water partition coefficient (Wildman–Crippen LogP) is 4.32. The Balaban J connectivity index is 1.76. The minimum absolute atomic E-state index is 0.217. The molecule has 2 aromatic rings. The lowest BCUT2D eigenvalue weighted by Gasteiger charge is -2.14. The van der Waals surface area contributed by atoms with Crippen molar-refractivity contribution < 1.29 is 9.53 Å². The predicted molar refractivity (Wildman–Crippen MR) is 94.2 cm³/mol. The highest BCUT2D eigenvalue weighted by Crippen LogP contribution is 2.23. The monoisotopic (exact) mass is 312 g/mol. The van der Waals surface area contributed by atoms with Gasteiger partial charge in [-0.05, 0) is 36.6 Å². The summed E-state index contributed by atoms with van der Waals surface area (Å²) >= 11 is 0. The lowest BCUT2D eigenvalue weighted by Crippen LogP contribution is -2.32. The first-order valence-corrected chi connectivity index (χ1v) is 7.89. The number of ether oxygens (including phenoxy) is 1. The zero-order valence-electron chi connectivity index (χ0n) is 13.9. The number of rotatable bonds is 6. The molecule has 0 spiro atoms. The number of hydrogen-bond donors (Lipinski definition) is 2. The fourth-order valence-corrected chi connectivity index (χ4v) is 2.25. The van der Waals surface area contributed by atoms with E-state index in [0.717, 1.165) is 17.0 Å². The van der Waals surface area contributed by atoms with Crippen LogP contribution in [0.4, 0.5) is 10.5 Å². The van der Waals surface area contributed by atoms with Crippen molar-refractivity contribution in [3.63, 3.8) is 0 Å². The molecule has 0 fully saturated rings. The Morgan fingerprint density at radius 3 is 2.48 bits per heavy atom. The summed E-state index contributed by atoms with van der Waals surface area (Å²) < 4.78 is 5.58. The first kappa shape index (κ1) is 16.9. The summed E-state index contributed by atoms with van der Waals surface area (Å²) in [5.74, 6) is 1.17. The van der Waals surface area contributed by atoms with Gasteiger partial charge in [0.15, 0.2) is 0 Å². The minimum atomic E-state index is -0.217. The summed E-state index contributed by atoms with van der Waals surface area (Å²) in [6.45, 7) is 7.12. The molecule has 0 heterocycles. The van der Waals surface area contributed by atoms with E-state index in [2.05, 4.69) is 24.5 Å². The first-order valence-electron chi connectivity index (χ1n) is 7.89. The van der Waals surface area contributed by atoms with Gasteiger partial charge in [0.1, 0.15) is 12.4 Å². The lowest BCUT2D eigenvalue weighted by atomic mass is 10.0. The van der Waals surface area contributed by atoms with E-state index in [1.807, 2.05) is 55.5 Å². The van der Waals surface area contributed by atoms with Crippen LogP contribution in [0, 0.1) is 6.92 Å². The van der Waals surface area contributed by atoms with Crippen LogP contribution in [0.25, 0.3) is 0 Å². The Morgan fingerprint density at radius 1 is 1.09 bits per heavy atom. The molecule has 2 aromatic carbocycles. The number of hydrogen-bond acceptors (Lipinski definition) is 2. The van der Waals surface area contributed by atoms with Gasteiger partial charge in [0.25, 0.3) is 0 Å². The molecule has 23 heavy (non-hydrogen) atoms. The molecule has 0 unspecified atom stereocenters. The summed E-state index contributed by atoms with van der Waals surface area (Å²) in [6, 6.07) is 15.5. The van der Waals surface area contributed by atoms with Crippen molar-refractivity contribution >= 4 is 11.7 Å². The number of carbonyl (C=O) groups is 1. The van der Waals surface area contributed by atoms with Crippen LogP contribution < -0.4 is 15.4 Å². The number of benzene rings is 2. The average Bonchev–Trinajstić information content (AvgIpc) is 2.53. The van der Waals surface area contributed by atoms with Gasteiger partial charge in [-0.25, -0.2) is 4.79 Å². The second-order valence-corrected chi connectivity index (χ2v) is 5.78. The molecule has 0 bridgehead atoms. The molecule has 0 aliphatic rings. The second kappa shape index (κ2) is 8.22. The molecule has 2 rings (SSSR count). The van der Waals surface area contributed by atoms with Crippen molar-refractivity contribution in [2.24, 2.45) is 0 Å². The third-order valence-electron chi connectivity index (χ3n) is 3.51. The van der Waals surface area contributed by atoms with Crippen LogP contribution in [0.2, 0.25) is 0 Å². The Kier molecular flexibility index (Phi) is 6.03. The normalized spacial score (nSPS) is 10.4. The fourth-order valence-electron chi connectivity index (χ4n) is 2.25. The molecule has 0 saturated heterocycles. The number of para-hydroxylation sites is 1. The lowest BCUT2D eigenvalue weighted by molar-refractivity contribution is 0.247. The zero-order valence-corrected chi connectivity index (χ0v) is 13.9. The molecule has 2 amide bonds. The molecule has 122 valence electrons. The van der Waals surface area contributed by atoms with E-state index in [0.29, 0.717) is 19.1 Å². The number of amides is 2. The van der Waals surface area contributed by atoms with E-state index in [4.69, 9.17) is 4.74 Å². The summed E-state index contributed by atoms with van der Waals surface area (Å²) in [7, 11) is 0. The highest BCUT2D eigenvalue weighted by molar-refractivity contribution is 5.90. The SMILES string of the molecule is Cc1ccc(OCCNC(=O)Nc2ccccc2C(C)C)cc1. The molecule has 0 aliphatic carbocycles. The van der Waals surface area contributed by atoms with Crippen molar-refractivity contribution in [2.45, 2.75) is 26.7 Å². The third kappa shape index (κ3) is 5.33. The molecule has 4 nitrogen and oxygen atoms in total.